The summed E-state index contributed by atoms with van der Waals surface area (Å²) in [6.07, 6.45) is 0. The van der Waals surface area contributed by atoms with Crippen LogP contribution in [-0.4, -0.2) is 5.11 Å². The molecule has 1 aromatic carbocycles. The van der Waals surface area contributed by atoms with Gasteiger partial charge in [0.25, 0.3) is 0 Å². The third-order valence-electron chi connectivity index (χ3n) is 1.95. The van der Waals surface area contributed by atoms with Crippen LogP contribution in [0, 0.1) is 14.9 Å². The van der Waals surface area contributed by atoms with Crippen molar-refractivity contribution in [3.63, 3.8) is 0 Å². The molecular formula is C10H6INOS. The maximum absolute atomic E-state index is 9.00. The Morgan fingerprint density at radius 2 is 2.29 bits per heavy atom. The Morgan fingerprint density at radius 3 is 2.93 bits per heavy atom. The number of aliphatic hydroxyl groups excluding tert-OH is 1. The highest BCUT2D eigenvalue weighted by Crippen LogP contribution is 2.31. The van der Waals surface area contributed by atoms with E-state index in [9.17, 15) is 0 Å². The first kappa shape index (κ1) is 9.90. The van der Waals surface area contributed by atoms with Crippen LogP contribution in [0.2, 0.25) is 0 Å². The lowest BCUT2D eigenvalue weighted by Gasteiger charge is -1.95. The molecule has 0 fully saturated rings. The standard InChI is InChI=1S/C10H6INOS/c11-9-7(4-12)2-1-6-3-8(5-13)14-10(6)9/h1-3,13H,5H2. The van der Waals surface area contributed by atoms with E-state index >= 15 is 0 Å². The van der Waals surface area contributed by atoms with Crippen LogP contribution in [0.25, 0.3) is 10.1 Å². The topological polar surface area (TPSA) is 44.0 Å². The Labute approximate surface area is 98.9 Å². The van der Waals surface area contributed by atoms with Gasteiger partial charge in [-0.3, -0.25) is 0 Å². The summed E-state index contributed by atoms with van der Waals surface area (Å²) in [6.45, 7) is 0.0668. The lowest BCUT2D eigenvalue weighted by molar-refractivity contribution is 0.285. The van der Waals surface area contributed by atoms with Gasteiger partial charge in [-0.25, -0.2) is 0 Å². The molecule has 2 rings (SSSR count). The maximum Gasteiger partial charge on any atom is 0.100 e. The van der Waals surface area contributed by atoms with E-state index in [0.29, 0.717) is 5.56 Å². The van der Waals surface area contributed by atoms with Crippen LogP contribution in [-0.2, 0) is 6.61 Å². The molecule has 0 aliphatic heterocycles. The van der Waals surface area contributed by atoms with Crippen LogP contribution in [0.1, 0.15) is 10.4 Å². The summed E-state index contributed by atoms with van der Waals surface area (Å²) in [5.74, 6) is 0. The second-order valence-electron chi connectivity index (χ2n) is 2.83. The molecule has 0 saturated heterocycles. The second-order valence-corrected chi connectivity index (χ2v) is 5.04. The van der Waals surface area contributed by atoms with Crippen LogP contribution in [0.3, 0.4) is 0 Å². The first-order valence-electron chi connectivity index (χ1n) is 3.98. The Morgan fingerprint density at radius 1 is 1.50 bits per heavy atom. The Hall–Kier alpha value is -0.640. The molecule has 14 heavy (non-hydrogen) atoms. The van der Waals surface area contributed by atoms with E-state index in [1.165, 1.54) is 0 Å². The molecule has 70 valence electrons. The smallest absolute Gasteiger partial charge is 0.100 e. The van der Waals surface area contributed by atoms with Gasteiger partial charge in [0.1, 0.15) is 6.07 Å². The number of aliphatic hydroxyl groups is 1. The summed E-state index contributed by atoms with van der Waals surface area (Å²) in [4.78, 5) is 0.938. The second kappa shape index (κ2) is 3.85. The molecule has 0 amide bonds. The van der Waals surface area contributed by atoms with Gasteiger partial charge in [-0.1, -0.05) is 6.07 Å². The quantitative estimate of drug-likeness (QED) is 0.823. The van der Waals surface area contributed by atoms with Crippen molar-refractivity contribution in [2.75, 3.05) is 0 Å². The van der Waals surface area contributed by atoms with Crippen molar-refractivity contribution < 1.29 is 5.11 Å². The highest BCUT2D eigenvalue weighted by molar-refractivity contribution is 14.1. The molecule has 0 bridgehead atoms. The Kier molecular flexibility index (Phi) is 2.72. The van der Waals surface area contributed by atoms with Gasteiger partial charge in [-0.05, 0) is 40.1 Å². The van der Waals surface area contributed by atoms with E-state index in [1.807, 2.05) is 18.2 Å². The predicted octanol–water partition coefficient (Wildman–Crippen LogP) is 2.87. The summed E-state index contributed by atoms with van der Waals surface area (Å²) in [6, 6.07) is 7.85. The monoisotopic (exact) mass is 315 g/mol. The minimum atomic E-state index is 0.0668. The molecule has 1 heterocycles. The van der Waals surface area contributed by atoms with Crippen molar-refractivity contribution >= 4 is 44.0 Å². The normalized spacial score (nSPS) is 10.4. The molecular weight excluding hydrogens is 309 g/mol. The number of fused-ring (bicyclic) bond motifs is 1. The number of rotatable bonds is 1. The third kappa shape index (κ3) is 1.52. The number of nitriles is 1. The zero-order valence-electron chi connectivity index (χ0n) is 7.12. The first-order valence-corrected chi connectivity index (χ1v) is 5.87. The van der Waals surface area contributed by atoms with E-state index < -0.39 is 0 Å². The van der Waals surface area contributed by atoms with E-state index in [1.54, 1.807) is 11.3 Å². The lowest BCUT2D eigenvalue weighted by atomic mass is 10.2. The SMILES string of the molecule is N#Cc1ccc2cc(CO)sc2c1I. The average Bonchev–Trinajstić information content (AvgIpc) is 2.62. The Bertz CT molecular complexity index is 527. The minimum absolute atomic E-state index is 0.0668. The number of thiophene rings is 1. The molecule has 0 spiro atoms. The van der Waals surface area contributed by atoms with E-state index in [2.05, 4.69) is 28.7 Å². The first-order chi connectivity index (χ1) is 6.76. The maximum atomic E-state index is 9.00. The van der Waals surface area contributed by atoms with Crippen molar-refractivity contribution in [3.8, 4) is 6.07 Å². The van der Waals surface area contributed by atoms with Gasteiger partial charge in [0.05, 0.1) is 12.2 Å². The van der Waals surface area contributed by atoms with Crippen molar-refractivity contribution in [1.82, 2.24) is 0 Å². The number of halogens is 1. The molecule has 0 atom stereocenters. The van der Waals surface area contributed by atoms with Gasteiger partial charge in [0.15, 0.2) is 0 Å². The zero-order chi connectivity index (χ0) is 10.1. The molecule has 0 radical (unpaired) electrons. The molecule has 0 unspecified atom stereocenters. The van der Waals surface area contributed by atoms with Crippen LogP contribution >= 0.6 is 33.9 Å². The van der Waals surface area contributed by atoms with E-state index in [4.69, 9.17) is 10.4 Å². The summed E-state index contributed by atoms with van der Waals surface area (Å²) < 4.78 is 2.07. The summed E-state index contributed by atoms with van der Waals surface area (Å²) in [5, 5.41) is 18.9. The fraction of sp³-hybridized carbons (Fsp3) is 0.100. The van der Waals surface area contributed by atoms with Crippen molar-refractivity contribution in [1.29, 1.82) is 5.26 Å². The predicted molar refractivity (Wildman–Crippen MR) is 65.2 cm³/mol. The van der Waals surface area contributed by atoms with Gasteiger partial charge in [-0.15, -0.1) is 11.3 Å². The van der Waals surface area contributed by atoms with Crippen LogP contribution < -0.4 is 0 Å². The van der Waals surface area contributed by atoms with Gasteiger partial charge in [0.2, 0.25) is 0 Å². The molecule has 2 nitrogen and oxygen atoms in total. The fourth-order valence-corrected chi connectivity index (χ4v) is 3.19. The Balaban J connectivity index is 2.76. The zero-order valence-corrected chi connectivity index (χ0v) is 10.1. The fourth-order valence-electron chi connectivity index (χ4n) is 1.29. The van der Waals surface area contributed by atoms with E-state index in [0.717, 1.165) is 18.5 Å². The average molecular weight is 315 g/mol. The van der Waals surface area contributed by atoms with Gasteiger partial charge < -0.3 is 5.11 Å². The molecule has 0 aliphatic rings. The largest absolute Gasteiger partial charge is 0.391 e. The summed E-state index contributed by atoms with van der Waals surface area (Å²) in [5.41, 5.74) is 0.699. The molecule has 1 N–H and O–H groups in total. The summed E-state index contributed by atoms with van der Waals surface area (Å²) >= 11 is 3.72. The molecule has 0 aliphatic carbocycles. The number of nitrogens with zero attached hydrogens (tertiary/aromatic N) is 1. The number of hydrogen-bond donors (Lipinski definition) is 1. The van der Waals surface area contributed by atoms with Crippen LogP contribution in [0.15, 0.2) is 18.2 Å². The minimum Gasteiger partial charge on any atom is -0.391 e. The van der Waals surface area contributed by atoms with Gasteiger partial charge >= 0.3 is 0 Å². The summed E-state index contributed by atoms with van der Waals surface area (Å²) in [7, 11) is 0. The van der Waals surface area contributed by atoms with Crippen LogP contribution in [0.5, 0.6) is 0 Å². The third-order valence-corrected chi connectivity index (χ3v) is 4.59. The number of benzene rings is 1. The van der Waals surface area contributed by atoms with E-state index in [-0.39, 0.29) is 6.61 Å². The van der Waals surface area contributed by atoms with Crippen molar-refractivity contribution in [2.45, 2.75) is 6.61 Å². The number of hydrogen-bond acceptors (Lipinski definition) is 3. The van der Waals surface area contributed by atoms with Crippen LogP contribution in [0.4, 0.5) is 0 Å². The molecule has 2 aromatic rings. The molecule has 1 aromatic heterocycles. The molecule has 4 heteroatoms. The van der Waals surface area contributed by atoms with Gasteiger partial charge in [0, 0.05) is 13.1 Å². The molecule has 0 saturated carbocycles. The highest BCUT2D eigenvalue weighted by atomic mass is 127. The van der Waals surface area contributed by atoms with Crippen molar-refractivity contribution in [2.24, 2.45) is 0 Å². The van der Waals surface area contributed by atoms with Gasteiger partial charge in [-0.2, -0.15) is 5.26 Å². The lowest BCUT2D eigenvalue weighted by Crippen LogP contribution is -1.79. The van der Waals surface area contributed by atoms with Crippen molar-refractivity contribution in [3.05, 3.63) is 32.2 Å². The highest BCUT2D eigenvalue weighted by Gasteiger charge is 2.07.